The number of unbranched alkanes of at least 4 members (excludes halogenated alkanes) is 1. The van der Waals surface area contributed by atoms with Gasteiger partial charge in [-0.1, -0.05) is 26.7 Å². The molecule has 5 unspecified atom stereocenters. The van der Waals surface area contributed by atoms with Gasteiger partial charge in [0.05, 0.1) is 12.6 Å². The van der Waals surface area contributed by atoms with Crippen LogP contribution in [0.15, 0.2) is 4.99 Å². The predicted octanol–water partition coefficient (Wildman–Crippen LogP) is -2.93. The first-order valence-corrected chi connectivity index (χ1v) is 11.7. The Morgan fingerprint density at radius 1 is 0.914 bits per heavy atom. The second-order valence-electron chi connectivity index (χ2n) is 8.35. The summed E-state index contributed by atoms with van der Waals surface area (Å²) in [6.07, 6.45) is 2.64. The zero-order valence-corrected chi connectivity index (χ0v) is 20.5. The van der Waals surface area contributed by atoms with Gasteiger partial charge in [0.15, 0.2) is 5.96 Å². The van der Waals surface area contributed by atoms with Gasteiger partial charge in [0.25, 0.3) is 0 Å². The first kappa shape index (κ1) is 32.0. The topological polar surface area (TPSA) is 261 Å². The molecule has 3 amide bonds. The first-order chi connectivity index (χ1) is 16.5. The van der Waals surface area contributed by atoms with Crippen molar-refractivity contribution in [3.05, 3.63) is 0 Å². The van der Waals surface area contributed by atoms with E-state index in [1.807, 2.05) is 0 Å². The molecule has 0 aliphatic heterocycles. The molecule has 202 valence electrons. The molecule has 0 aliphatic rings. The summed E-state index contributed by atoms with van der Waals surface area (Å²) in [5.41, 5.74) is 21.9. The minimum atomic E-state index is -1.43. The standard InChI is InChI=1S/C21H42N8O6/c1-3-12(2)16(20(34)35)29-19(33)15(11-30)28-18(32)14(8-6-10-26-21(24)25)27-17(31)13(23)7-4-5-9-22/h12-16,30H,3-11,22-23H2,1-2H3,(H,27,31)(H,28,32)(H,29,33)(H,34,35)(H4,24,25,26). The van der Waals surface area contributed by atoms with E-state index >= 15 is 0 Å². The average molecular weight is 503 g/mol. The SMILES string of the molecule is CCC(C)C(NC(=O)C(CO)NC(=O)C(CCCN=C(N)N)NC(=O)C(N)CCCCN)C(=O)O. The van der Waals surface area contributed by atoms with Crippen LogP contribution >= 0.6 is 0 Å². The van der Waals surface area contributed by atoms with Gasteiger partial charge in [0.2, 0.25) is 17.7 Å². The van der Waals surface area contributed by atoms with Crippen molar-refractivity contribution >= 4 is 29.7 Å². The summed E-state index contributed by atoms with van der Waals surface area (Å²) in [4.78, 5) is 53.3. The third-order valence-electron chi connectivity index (χ3n) is 5.48. The number of carbonyl (C=O) groups excluding carboxylic acids is 3. The molecule has 0 saturated heterocycles. The second kappa shape index (κ2) is 17.5. The summed E-state index contributed by atoms with van der Waals surface area (Å²) in [7, 11) is 0. The minimum absolute atomic E-state index is 0.119. The molecule has 0 fully saturated rings. The number of nitrogens with two attached hydrogens (primary N) is 4. The molecule has 5 atom stereocenters. The van der Waals surface area contributed by atoms with Crippen LogP contribution in [0.4, 0.5) is 0 Å². The Morgan fingerprint density at radius 3 is 2.03 bits per heavy atom. The fourth-order valence-electron chi connectivity index (χ4n) is 3.09. The molecule has 0 aliphatic carbocycles. The van der Waals surface area contributed by atoms with Crippen LogP contribution in [0.25, 0.3) is 0 Å². The van der Waals surface area contributed by atoms with Crippen molar-refractivity contribution in [1.82, 2.24) is 16.0 Å². The number of carboxylic acid groups (broad SMARTS) is 1. The summed E-state index contributed by atoms with van der Waals surface area (Å²) in [5, 5.41) is 26.3. The van der Waals surface area contributed by atoms with Crippen LogP contribution in [0.5, 0.6) is 0 Å². The van der Waals surface area contributed by atoms with Gasteiger partial charge in [-0.05, 0) is 38.1 Å². The molecule has 35 heavy (non-hydrogen) atoms. The van der Waals surface area contributed by atoms with Gasteiger partial charge in [-0.2, -0.15) is 0 Å². The molecule has 13 N–H and O–H groups in total. The van der Waals surface area contributed by atoms with Crippen molar-refractivity contribution in [2.75, 3.05) is 19.7 Å². The predicted molar refractivity (Wildman–Crippen MR) is 131 cm³/mol. The maximum Gasteiger partial charge on any atom is 0.326 e. The quantitative estimate of drug-likeness (QED) is 0.0523. The van der Waals surface area contributed by atoms with E-state index in [1.165, 1.54) is 0 Å². The first-order valence-electron chi connectivity index (χ1n) is 11.7. The number of nitrogens with one attached hydrogen (secondary N) is 3. The molecule has 0 spiro atoms. The molecule has 14 heteroatoms. The second-order valence-corrected chi connectivity index (χ2v) is 8.35. The van der Waals surface area contributed by atoms with E-state index in [4.69, 9.17) is 22.9 Å². The van der Waals surface area contributed by atoms with Crippen molar-refractivity contribution < 1.29 is 29.4 Å². The van der Waals surface area contributed by atoms with E-state index in [0.29, 0.717) is 38.6 Å². The number of hydrogen-bond acceptors (Lipinski definition) is 8. The number of guanidine groups is 1. The molecule has 0 radical (unpaired) electrons. The Kier molecular flexibility index (Phi) is 16.0. The molecule has 0 aromatic rings. The fraction of sp³-hybridized carbons (Fsp3) is 0.762. The van der Waals surface area contributed by atoms with Crippen molar-refractivity contribution in [3.8, 4) is 0 Å². The van der Waals surface area contributed by atoms with Gasteiger partial charge in [-0.25, -0.2) is 4.79 Å². The lowest BCUT2D eigenvalue weighted by Gasteiger charge is -2.25. The number of aliphatic hydroxyl groups is 1. The molecule has 0 saturated carbocycles. The molecule has 0 aromatic heterocycles. The minimum Gasteiger partial charge on any atom is -0.480 e. The van der Waals surface area contributed by atoms with Crippen LogP contribution < -0.4 is 38.9 Å². The van der Waals surface area contributed by atoms with E-state index in [2.05, 4.69) is 20.9 Å². The zero-order chi connectivity index (χ0) is 27.0. The summed E-state index contributed by atoms with van der Waals surface area (Å²) < 4.78 is 0. The van der Waals surface area contributed by atoms with E-state index < -0.39 is 54.5 Å². The van der Waals surface area contributed by atoms with Crippen molar-refractivity contribution in [2.24, 2.45) is 33.8 Å². The molecule has 0 bridgehead atoms. The molecular formula is C21H42N8O6. The summed E-state index contributed by atoms with van der Waals surface area (Å²) in [6, 6.07) is -4.58. The highest BCUT2D eigenvalue weighted by molar-refractivity contribution is 5.94. The van der Waals surface area contributed by atoms with E-state index in [1.54, 1.807) is 13.8 Å². The number of hydrogen-bond donors (Lipinski definition) is 9. The van der Waals surface area contributed by atoms with Gasteiger partial charge < -0.3 is 49.1 Å². The molecule has 0 rings (SSSR count). The number of nitrogens with zero attached hydrogens (tertiary/aromatic N) is 1. The van der Waals surface area contributed by atoms with Crippen molar-refractivity contribution in [3.63, 3.8) is 0 Å². The van der Waals surface area contributed by atoms with Crippen molar-refractivity contribution in [2.45, 2.75) is 76.5 Å². The van der Waals surface area contributed by atoms with Crippen LogP contribution in [-0.4, -0.2) is 83.7 Å². The highest BCUT2D eigenvalue weighted by Crippen LogP contribution is 2.08. The summed E-state index contributed by atoms with van der Waals surface area (Å²) in [5.74, 6) is -3.90. The van der Waals surface area contributed by atoms with Crippen LogP contribution in [0.1, 0.15) is 52.4 Å². The lowest BCUT2D eigenvalue weighted by Crippen LogP contribution is -2.58. The fourth-order valence-corrected chi connectivity index (χ4v) is 3.09. The Balaban J connectivity index is 5.35. The highest BCUT2D eigenvalue weighted by atomic mass is 16.4. The monoisotopic (exact) mass is 502 g/mol. The number of amides is 3. The lowest BCUT2D eigenvalue weighted by molar-refractivity contribution is -0.144. The van der Waals surface area contributed by atoms with Gasteiger partial charge in [0, 0.05) is 6.54 Å². The molecule has 14 nitrogen and oxygen atoms in total. The number of carbonyl (C=O) groups is 4. The molecule has 0 heterocycles. The Bertz CT molecular complexity index is 716. The Labute approximate surface area is 205 Å². The maximum atomic E-state index is 12.9. The Hall–Kier alpha value is -2.97. The zero-order valence-electron chi connectivity index (χ0n) is 20.5. The van der Waals surface area contributed by atoms with E-state index in [-0.39, 0.29) is 24.8 Å². The van der Waals surface area contributed by atoms with Crippen LogP contribution in [0.2, 0.25) is 0 Å². The largest absolute Gasteiger partial charge is 0.480 e. The number of aliphatic imine (C=N–C) groups is 1. The summed E-state index contributed by atoms with van der Waals surface area (Å²) >= 11 is 0. The van der Waals surface area contributed by atoms with Gasteiger partial charge >= 0.3 is 5.97 Å². The van der Waals surface area contributed by atoms with Gasteiger partial charge in [0.1, 0.15) is 18.1 Å². The third-order valence-corrected chi connectivity index (χ3v) is 5.48. The number of aliphatic carboxylic acids is 1. The van der Waals surface area contributed by atoms with Crippen molar-refractivity contribution in [1.29, 1.82) is 0 Å². The molecular weight excluding hydrogens is 460 g/mol. The normalized spacial score (nSPS) is 15.1. The van der Waals surface area contributed by atoms with Crippen LogP contribution in [0.3, 0.4) is 0 Å². The maximum absolute atomic E-state index is 12.9. The average Bonchev–Trinajstić information content (AvgIpc) is 2.81. The summed E-state index contributed by atoms with van der Waals surface area (Å²) in [6.45, 7) is 3.31. The molecule has 0 aromatic carbocycles. The number of carboxylic acids is 1. The number of aliphatic hydroxyl groups excluding tert-OH is 1. The Morgan fingerprint density at radius 2 is 1.51 bits per heavy atom. The van der Waals surface area contributed by atoms with E-state index in [9.17, 15) is 29.4 Å². The number of rotatable bonds is 18. The van der Waals surface area contributed by atoms with Gasteiger partial charge in [-0.3, -0.25) is 19.4 Å². The third kappa shape index (κ3) is 12.9. The van der Waals surface area contributed by atoms with Crippen LogP contribution in [0, 0.1) is 5.92 Å². The van der Waals surface area contributed by atoms with E-state index in [0.717, 1.165) is 0 Å². The highest BCUT2D eigenvalue weighted by Gasteiger charge is 2.31. The lowest BCUT2D eigenvalue weighted by atomic mass is 9.99. The smallest absolute Gasteiger partial charge is 0.326 e. The van der Waals surface area contributed by atoms with Gasteiger partial charge in [-0.15, -0.1) is 0 Å². The van der Waals surface area contributed by atoms with Crippen LogP contribution in [-0.2, 0) is 19.2 Å².